The fourth-order valence-corrected chi connectivity index (χ4v) is 2.99. The topological polar surface area (TPSA) is 83.5 Å². The van der Waals surface area contributed by atoms with Crippen molar-refractivity contribution >= 4 is 33.3 Å². The number of halogens is 3. The van der Waals surface area contributed by atoms with Crippen LogP contribution in [0.3, 0.4) is 0 Å². The standard InChI is InChI=1S/C13H8ClF2NO4S/c14-7-1-3-11(9(5-7)13(18)19)17-22(20,21)12-4-2-8(15)6-10(12)16/h1-6,17H,(H,18,19). The van der Waals surface area contributed by atoms with E-state index in [1.165, 1.54) is 6.07 Å². The lowest BCUT2D eigenvalue weighted by atomic mass is 10.2. The van der Waals surface area contributed by atoms with Crippen LogP contribution in [0.2, 0.25) is 5.02 Å². The molecule has 0 saturated carbocycles. The first-order valence-electron chi connectivity index (χ1n) is 5.71. The second-order valence-corrected chi connectivity index (χ2v) is 6.26. The number of hydrogen-bond acceptors (Lipinski definition) is 3. The van der Waals surface area contributed by atoms with Gasteiger partial charge >= 0.3 is 5.97 Å². The Kier molecular flexibility index (Phi) is 4.34. The molecule has 0 aromatic heterocycles. The number of sulfonamides is 1. The van der Waals surface area contributed by atoms with Crippen molar-refractivity contribution in [2.24, 2.45) is 0 Å². The van der Waals surface area contributed by atoms with Crippen molar-refractivity contribution in [1.29, 1.82) is 0 Å². The van der Waals surface area contributed by atoms with Crippen LogP contribution in [-0.2, 0) is 10.0 Å². The van der Waals surface area contributed by atoms with Crippen molar-refractivity contribution < 1.29 is 27.1 Å². The van der Waals surface area contributed by atoms with E-state index in [1.54, 1.807) is 0 Å². The Morgan fingerprint density at radius 3 is 2.41 bits per heavy atom. The summed E-state index contributed by atoms with van der Waals surface area (Å²) in [6, 6.07) is 5.37. The van der Waals surface area contributed by atoms with Gasteiger partial charge in [-0.2, -0.15) is 0 Å². The molecule has 9 heteroatoms. The molecular formula is C13H8ClF2NO4S. The van der Waals surface area contributed by atoms with Crippen molar-refractivity contribution in [1.82, 2.24) is 0 Å². The van der Waals surface area contributed by atoms with Crippen LogP contribution in [0, 0.1) is 11.6 Å². The quantitative estimate of drug-likeness (QED) is 0.890. The number of carbonyl (C=O) groups is 1. The normalized spacial score (nSPS) is 11.2. The van der Waals surface area contributed by atoms with Gasteiger partial charge in [-0.25, -0.2) is 22.0 Å². The van der Waals surface area contributed by atoms with Crippen LogP contribution >= 0.6 is 11.6 Å². The van der Waals surface area contributed by atoms with Crippen LogP contribution in [0.5, 0.6) is 0 Å². The zero-order valence-corrected chi connectivity index (χ0v) is 12.3. The van der Waals surface area contributed by atoms with Crippen LogP contribution in [0.15, 0.2) is 41.3 Å². The lowest BCUT2D eigenvalue weighted by Gasteiger charge is -2.11. The molecule has 0 heterocycles. The van der Waals surface area contributed by atoms with Gasteiger partial charge in [-0.1, -0.05) is 11.6 Å². The summed E-state index contributed by atoms with van der Waals surface area (Å²) in [5.41, 5.74) is -0.695. The lowest BCUT2D eigenvalue weighted by molar-refractivity contribution is 0.0698. The molecule has 2 rings (SSSR count). The third-order valence-corrected chi connectivity index (χ3v) is 4.27. The molecule has 0 bridgehead atoms. The van der Waals surface area contributed by atoms with Gasteiger partial charge < -0.3 is 5.11 Å². The average molecular weight is 348 g/mol. The van der Waals surface area contributed by atoms with Crippen LogP contribution < -0.4 is 4.72 Å². The number of nitrogens with one attached hydrogen (secondary N) is 1. The van der Waals surface area contributed by atoms with Gasteiger partial charge in [0.1, 0.15) is 16.5 Å². The molecule has 0 saturated heterocycles. The maximum atomic E-state index is 13.6. The molecule has 0 amide bonds. The van der Waals surface area contributed by atoms with Gasteiger partial charge in [0.2, 0.25) is 0 Å². The lowest BCUT2D eigenvalue weighted by Crippen LogP contribution is -2.17. The van der Waals surface area contributed by atoms with Crippen molar-refractivity contribution in [3.8, 4) is 0 Å². The maximum absolute atomic E-state index is 13.6. The van der Waals surface area contributed by atoms with E-state index in [0.29, 0.717) is 6.07 Å². The molecule has 0 aliphatic carbocycles. The van der Waals surface area contributed by atoms with Gasteiger partial charge in [0.25, 0.3) is 10.0 Å². The largest absolute Gasteiger partial charge is 0.478 e. The average Bonchev–Trinajstić information content (AvgIpc) is 2.39. The second-order valence-electron chi connectivity index (χ2n) is 4.18. The van der Waals surface area contributed by atoms with Gasteiger partial charge in [-0.3, -0.25) is 4.72 Å². The van der Waals surface area contributed by atoms with Gasteiger partial charge in [-0.05, 0) is 30.3 Å². The van der Waals surface area contributed by atoms with E-state index in [2.05, 4.69) is 0 Å². The number of aromatic carboxylic acids is 1. The fourth-order valence-electron chi connectivity index (χ4n) is 1.68. The summed E-state index contributed by atoms with van der Waals surface area (Å²) in [4.78, 5) is 10.3. The van der Waals surface area contributed by atoms with Gasteiger partial charge in [0.05, 0.1) is 11.3 Å². The van der Waals surface area contributed by atoms with Crippen molar-refractivity contribution in [2.75, 3.05) is 4.72 Å². The second kappa shape index (κ2) is 5.90. The molecule has 22 heavy (non-hydrogen) atoms. The Morgan fingerprint density at radius 1 is 1.14 bits per heavy atom. The molecule has 0 unspecified atom stereocenters. The van der Waals surface area contributed by atoms with E-state index >= 15 is 0 Å². The molecule has 116 valence electrons. The summed E-state index contributed by atoms with van der Waals surface area (Å²) in [6.07, 6.45) is 0. The van der Waals surface area contributed by atoms with Gasteiger partial charge in [-0.15, -0.1) is 0 Å². The number of anilines is 1. The van der Waals surface area contributed by atoms with Crippen LogP contribution in [0.25, 0.3) is 0 Å². The zero-order valence-electron chi connectivity index (χ0n) is 10.7. The number of carboxylic acids is 1. The number of carboxylic acid groups (broad SMARTS) is 1. The van der Waals surface area contributed by atoms with E-state index in [0.717, 1.165) is 24.3 Å². The third-order valence-electron chi connectivity index (χ3n) is 2.64. The monoisotopic (exact) mass is 347 g/mol. The van der Waals surface area contributed by atoms with Crippen LogP contribution in [0.4, 0.5) is 14.5 Å². The van der Waals surface area contributed by atoms with Crippen LogP contribution in [0.1, 0.15) is 10.4 Å². The molecule has 0 radical (unpaired) electrons. The van der Waals surface area contributed by atoms with E-state index in [1.807, 2.05) is 4.72 Å². The Morgan fingerprint density at radius 2 is 1.82 bits per heavy atom. The van der Waals surface area contributed by atoms with E-state index in [9.17, 15) is 22.0 Å². The Labute approximate surface area is 129 Å². The van der Waals surface area contributed by atoms with Crippen LogP contribution in [-0.4, -0.2) is 19.5 Å². The molecule has 2 aromatic carbocycles. The van der Waals surface area contributed by atoms with Crippen molar-refractivity contribution in [3.05, 3.63) is 58.6 Å². The highest BCUT2D eigenvalue weighted by Gasteiger charge is 2.22. The van der Waals surface area contributed by atoms with Gasteiger partial charge in [0.15, 0.2) is 0 Å². The Balaban J connectivity index is 2.47. The molecule has 0 spiro atoms. The number of benzene rings is 2. The zero-order chi connectivity index (χ0) is 16.5. The molecule has 0 aliphatic rings. The summed E-state index contributed by atoms with van der Waals surface area (Å²) in [6.45, 7) is 0. The Hall–Kier alpha value is -2.19. The molecule has 0 atom stereocenters. The highest BCUT2D eigenvalue weighted by atomic mass is 35.5. The van der Waals surface area contributed by atoms with Gasteiger partial charge in [0, 0.05) is 11.1 Å². The summed E-state index contributed by atoms with van der Waals surface area (Å²) in [5, 5.41) is 9.12. The first-order valence-corrected chi connectivity index (χ1v) is 7.57. The minimum absolute atomic E-state index is 0.0910. The maximum Gasteiger partial charge on any atom is 0.337 e. The summed E-state index contributed by atoms with van der Waals surface area (Å²) in [7, 11) is -4.43. The Bertz CT molecular complexity index is 855. The molecule has 0 fully saturated rings. The molecular weight excluding hydrogens is 340 g/mol. The minimum Gasteiger partial charge on any atom is -0.478 e. The predicted octanol–water partition coefficient (Wildman–Crippen LogP) is 3.12. The number of rotatable bonds is 4. The predicted molar refractivity (Wildman–Crippen MR) is 75.6 cm³/mol. The summed E-state index contributed by atoms with van der Waals surface area (Å²) in [5.74, 6) is -3.65. The fraction of sp³-hybridized carbons (Fsp3) is 0. The molecule has 2 aromatic rings. The van der Waals surface area contributed by atoms with E-state index < -0.39 is 38.1 Å². The summed E-state index contributed by atoms with van der Waals surface area (Å²) >= 11 is 5.65. The highest BCUT2D eigenvalue weighted by Crippen LogP contribution is 2.25. The van der Waals surface area contributed by atoms with E-state index in [4.69, 9.17) is 16.7 Å². The van der Waals surface area contributed by atoms with Crippen molar-refractivity contribution in [2.45, 2.75) is 4.90 Å². The summed E-state index contributed by atoms with van der Waals surface area (Å²) < 4.78 is 52.5. The number of hydrogen-bond donors (Lipinski definition) is 2. The van der Waals surface area contributed by atoms with Crippen molar-refractivity contribution in [3.63, 3.8) is 0 Å². The molecule has 5 nitrogen and oxygen atoms in total. The smallest absolute Gasteiger partial charge is 0.337 e. The molecule has 0 aliphatic heterocycles. The third kappa shape index (κ3) is 3.34. The minimum atomic E-state index is -4.43. The first kappa shape index (κ1) is 16.2. The van der Waals surface area contributed by atoms with E-state index in [-0.39, 0.29) is 10.7 Å². The molecule has 2 N–H and O–H groups in total. The highest BCUT2D eigenvalue weighted by molar-refractivity contribution is 7.92. The SMILES string of the molecule is O=C(O)c1cc(Cl)ccc1NS(=O)(=O)c1ccc(F)cc1F. The first-order chi connectivity index (χ1) is 10.2.